The van der Waals surface area contributed by atoms with Crippen LogP contribution in [0.25, 0.3) is 0 Å². The van der Waals surface area contributed by atoms with Gasteiger partial charge in [0.1, 0.15) is 10.7 Å². The second kappa shape index (κ2) is 6.92. The summed E-state index contributed by atoms with van der Waals surface area (Å²) in [7, 11) is 0. The van der Waals surface area contributed by atoms with Crippen molar-refractivity contribution in [3.8, 4) is 0 Å². The quantitative estimate of drug-likeness (QED) is 0.780. The largest absolute Gasteiger partial charge is 0.382 e. The number of aromatic nitrogens is 1. The fraction of sp³-hybridized carbons (Fsp3) is 0.714. The highest BCUT2D eigenvalue weighted by atomic mass is 32.1. The van der Waals surface area contributed by atoms with Crippen LogP contribution in [0.2, 0.25) is 0 Å². The molecule has 1 amide bonds. The molecule has 112 valence electrons. The van der Waals surface area contributed by atoms with Crippen LogP contribution < -0.4 is 16.4 Å². The van der Waals surface area contributed by atoms with Gasteiger partial charge in [0.05, 0.1) is 0 Å². The number of hydrogen-bond acceptors (Lipinski definition) is 5. The molecule has 0 spiro atoms. The Labute approximate surface area is 124 Å². The molecule has 20 heavy (non-hydrogen) atoms. The van der Waals surface area contributed by atoms with E-state index in [1.807, 2.05) is 6.92 Å². The molecule has 1 saturated carbocycles. The first-order chi connectivity index (χ1) is 9.65. The van der Waals surface area contributed by atoms with Crippen molar-refractivity contribution in [1.82, 2.24) is 10.3 Å². The molecular weight excluding hydrogens is 272 g/mol. The average molecular weight is 296 g/mol. The maximum absolute atomic E-state index is 12.4. The number of hydrogen-bond donors (Lipinski definition) is 3. The summed E-state index contributed by atoms with van der Waals surface area (Å²) in [6.45, 7) is 4.96. The second-order valence-corrected chi connectivity index (χ2v) is 6.30. The van der Waals surface area contributed by atoms with Gasteiger partial charge < -0.3 is 16.4 Å². The first-order valence-corrected chi connectivity index (χ1v) is 8.28. The number of nitrogens with one attached hydrogen (secondary N) is 2. The lowest BCUT2D eigenvalue weighted by Crippen LogP contribution is -2.41. The van der Waals surface area contributed by atoms with E-state index in [0.29, 0.717) is 21.7 Å². The molecule has 1 aliphatic rings. The Morgan fingerprint density at radius 3 is 2.85 bits per heavy atom. The molecule has 1 fully saturated rings. The fourth-order valence-corrected chi connectivity index (χ4v) is 3.70. The molecule has 0 aromatic carbocycles. The fourth-order valence-electron chi connectivity index (χ4n) is 2.84. The van der Waals surface area contributed by atoms with Crippen molar-refractivity contribution in [2.24, 2.45) is 5.92 Å². The van der Waals surface area contributed by atoms with Gasteiger partial charge in [0.25, 0.3) is 5.91 Å². The van der Waals surface area contributed by atoms with Crippen LogP contribution in [0.15, 0.2) is 0 Å². The van der Waals surface area contributed by atoms with E-state index in [-0.39, 0.29) is 11.9 Å². The van der Waals surface area contributed by atoms with E-state index >= 15 is 0 Å². The van der Waals surface area contributed by atoms with Gasteiger partial charge in [-0.25, -0.2) is 4.98 Å². The molecular formula is C14H24N4OS. The monoisotopic (exact) mass is 296 g/mol. The van der Waals surface area contributed by atoms with Gasteiger partial charge in [-0.15, -0.1) is 0 Å². The Kier molecular flexibility index (Phi) is 5.23. The summed E-state index contributed by atoms with van der Waals surface area (Å²) in [5, 5.41) is 6.96. The summed E-state index contributed by atoms with van der Waals surface area (Å²) in [6, 6.07) is 0.283. The maximum Gasteiger partial charge on any atom is 0.265 e. The lowest BCUT2D eigenvalue weighted by molar-refractivity contribution is 0.0909. The molecule has 1 heterocycles. The van der Waals surface area contributed by atoms with E-state index < -0.39 is 0 Å². The minimum absolute atomic E-state index is 0.0745. The van der Waals surface area contributed by atoms with E-state index in [9.17, 15) is 4.79 Å². The summed E-state index contributed by atoms with van der Waals surface area (Å²) in [5.41, 5.74) is 5.84. The van der Waals surface area contributed by atoms with Crippen LogP contribution in [-0.4, -0.2) is 23.5 Å². The summed E-state index contributed by atoms with van der Waals surface area (Å²) in [4.78, 5) is 17.1. The summed E-state index contributed by atoms with van der Waals surface area (Å²) in [6.07, 6.45) is 5.87. The molecule has 2 unspecified atom stereocenters. The van der Waals surface area contributed by atoms with Crippen molar-refractivity contribution in [3.63, 3.8) is 0 Å². The van der Waals surface area contributed by atoms with Gasteiger partial charge in [-0.1, -0.05) is 37.5 Å². The Hall–Kier alpha value is -1.30. The lowest BCUT2D eigenvalue weighted by atomic mass is 9.83. The number of amides is 1. The van der Waals surface area contributed by atoms with Crippen LogP contribution >= 0.6 is 11.3 Å². The molecule has 6 heteroatoms. The third-order valence-corrected chi connectivity index (χ3v) is 4.97. The van der Waals surface area contributed by atoms with E-state index in [0.717, 1.165) is 19.4 Å². The van der Waals surface area contributed by atoms with E-state index in [4.69, 9.17) is 5.73 Å². The predicted molar refractivity (Wildman–Crippen MR) is 84.2 cm³/mol. The zero-order valence-corrected chi connectivity index (χ0v) is 13.1. The molecule has 2 atom stereocenters. The summed E-state index contributed by atoms with van der Waals surface area (Å²) >= 11 is 1.33. The zero-order valence-electron chi connectivity index (χ0n) is 12.2. The number of anilines is 2. The van der Waals surface area contributed by atoms with Gasteiger partial charge in [0, 0.05) is 12.6 Å². The first kappa shape index (κ1) is 15.1. The smallest absolute Gasteiger partial charge is 0.265 e. The molecule has 0 bridgehead atoms. The van der Waals surface area contributed by atoms with Gasteiger partial charge in [0.15, 0.2) is 5.13 Å². The number of carbonyl (C=O) groups excluding carboxylic acids is 1. The SMILES string of the molecule is CCNc1nc(N)c(C(=O)NC2CCCCC2CC)s1. The minimum Gasteiger partial charge on any atom is -0.382 e. The van der Waals surface area contributed by atoms with Crippen molar-refractivity contribution in [3.05, 3.63) is 4.88 Å². The minimum atomic E-state index is -0.0745. The third-order valence-electron chi connectivity index (χ3n) is 3.94. The van der Waals surface area contributed by atoms with Crippen LogP contribution in [0, 0.1) is 5.92 Å². The molecule has 2 rings (SSSR count). The van der Waals surface area contributed by atoms with Crippen molar-refractivity contribution >= 4 is 28.2 Å². The standard InChI is InChI=1S/C14H24N4OS/c1-3-9-7-5-6-8-10(9)17-13(19)11-12(15)18-14(20-11)16-4-2/h9-10H,3-8,15H2,1-2H3,(H,16,18)(H,17,19). The third kappa shape index (κ3) is 3.42. The lowest BCUT2D eigenvalue weighted by Gasteiger charge is -2.31. The van der Waals surface area contributed by atoms with E-state index in [1.54, 1.807) is 0 Å². The Bertz CT molecular complexity index is 460. The molecule has 1 aliphatic carbocycles. The number of nitrogen functional groups attached to an aromatic ring is 1. The maximum atomic E-state index is 12.4. The highest BCUT2D eigenvalue weighted by Gasteiger charge is 2.27. The van der Waals surface area contributed by atoms with Gasteiger partial charge >= 0.3 is 0 Å². The van der Waals surface area contributed by atoms with Gasteiger partial charge in [-0.2, -0.15) is 0 Å². The number of nitrogens with two attached hydrogens (primary N) is 1. The summed E-state index contributed by atoms with van der Waals surface area (Å²) in [5.74, 6) is 0.844. The topological polar surface area (TPSA) is 80.0 Å². The van der Waals surface area contributed by atoms with Crippen molar-refractivity contribution in [2.45, 2.75) is 52.0 Å². The van der Waals surface area contributed by atoms with Crippen molar-refractivity contribution < 1.29 is 4.79 Å². The van der Waals surface area contributed by atoms with E-state index in [2.05, 4.69) is 22.5 Å². The van der Waals surface area contributed by atoms with Gasteiger partial charge in [0.2, 0.25) is 0 Å². The molecule has 0 aliphatic heterocycles. The van der Waals surface area contributed by atoms with Crippen molar-refractivity contribution in [2.75, 3.05) is 17.6 Å². The Morgan fingerprint density at radius 1 is 1.40 bits per heavy atom. The highest BCUT2D eigenvalue weighted by molar-refractivity contribution is 7.18. The zero-order chi connectivity index (χ0) is 14.5. The molecule has 0 radical (unpaired) electrons. The number of thiazole rings is 1. The van der Waals surface area contributed by atoms with Crippen LogP contribution in [-0.2, 0) is 0 Å². The predicted octanol–water partition coefficient (Wildman–Crippen LogP) is 2.86. The van der Waals surface area contributed by atoms with Crippen LogP contribution in [0.1, 0.15) is 55.6 Å². The van der Waals surface area contributed by atoms with Gasteiger partial charge in [-0.05, 0) is 25.7 Å². The normalized spacial score (nSPS) is 22.5. The number of rotatable bonds is 5. The molecule has 4 N–H and O–H groups in total. The van der Waals surface area contributed by atoms with Crippen LogP contribution in [0.5, 0.6) is 0 Å². The Balaban J connectivity index is 2.03. The summed E-state index contributed by atoms with van der Waals surface area (Å²) < 4.78 is 0. The second-order valence-electron chi connectivity index (χ2n) is 5.30. The highest BCUT2D eigenvalue weighted by Crippen LogP contribution is 2.29. The van der Waals surface area contributed by atoms with Crippen molar-refractivity contribution in [1.29, 1.82) is 0 Å². The van der Waals surface area contributed by atoms with Crippen LogP contribution in [0.3, 0.4) is 0 Å². The average Bonchev–Trinajstić information content (AvgIpc) is 2.81. The molecule has 5 nitrogen and oxygen atoms in total. The molecule has 1 aromatic rings. The molecule has 0 saturated heterocycles. The van der Waals surface area contributed by atoms with Gasteiger partial charge in [-0.3, -0.25) is 4.79 Å². The Morgan fingerprint density at radius 2 is 2.15 bits per heavy atom. The van der Waals surface area contributed by atoms with Crippen LogP contribution in [0.4, 0.5) is 10.9 Å². The number of carbonyl (C=O) groups is 1. The number of nitrogens with zero attached hydrogens (tertiary/aromatic N) is 1. The first-order valence-electron chi connectivity index (χ1n) is 7.46. The van der Waals surface area contributed by atoms with E-state index in [1.165, 1.54) is 30.6 Å². The molecule has 1 aromatic heterocycles.